The predicted octanol–water partition coefficient (Wildman–Crippen LogP) is 4.28. The number of ketones is 1. The topological polar surface area (TPSA) is 20.3 Å². The third-order valence-electron chi connectivity index (χ3n) is 2.62. The summed E-state index contributed by atoms with van der Waals surface area (Å²) in [4.78, 5) is 16.4. The number of hydrogen-bond acceptors (Lipinski definition) is 4. The van der Waals surface area contributed by atoms with Crippen LogP contribution in [0.5, 0.6) is 0 Å². The highest BCUT2D eigenvalue weighted by atomic mass is 79.9. The van der Waals surface area contributed by atoms with Gasteiger partial charge in [-0.15, -0.1) is 22.7 Å². The van der Waals surface area contributed by atoms with Crippen molar-refractivity contribution in [1.82, 2.24) is 4.90 Å². The van der Waals surface area contributed by atoms with E-state index in [0.29, 0.717) is 6.54 Å². The summed E-state index contributed by atoms with van der Waals surface area (Å²) in [6.45, 7) is 4.31. The van der Waals surface area contributed by atoms with Crippen LogP contribution in [0.15, 0.2) is 33.4 Å². The van der Waals surface area contributed by atoms with Gasteiger partial charge in [0.1, 0.15) is 0 Å². The number of likely N-dealkylation sites (N-methyl/N-ethyl adjacent to an activating group) is 1. The Labute approximate surface area is 123 Å². The highest BCUT2D eigenvalue weighted by Gasteiger charge is 2.13. The molecule has 0 bridgehead atoms. The van der Waals surface area contributed by atoms with E-state index in [4.69, 9.17) is 0 Å². The van der Waals surface area contributed by atoms with Crippen molar-refractivity contribution in [2.24, 2.45) is 0 Å². The van der Waals surface area contributed by atoms with E-state index < -0.39 is 0 Å². The van der Waals surface area contributed by atoms with E-state index in [2.05, 4.69) is 39.2 Å². The lowest BCUT2D eigenvalue weighted by Gasteiger charge is -2.18. The van der Waals surface area contributed by atoms with Crippen molar-refractivity contribution in [2.75, 3.05) is 13.1 Å². The fraction of sp³-hybridized carbons (Fsp3) is 0.308. The Balaban J connectivity index is 1.96. The van der Waals surface area contributed by atoms with Gasteiger partial charge in [0.15, 0.2) is 5.78 Å². The summed E-state index contributed by atoms with van der Waals surface area (Å²) in [6.07, 6.45) is 0. The molecule has 2 rings (SSSR count). The van der Waals surface area contributed by atoms with Crippen LogP contribution in [0, 0.1) is 0 Å². The minimum Gasteiger partial charge on any atom is -0.292 e. The molecule has 96 valence electrons. The second-order valence-corrected chi connectivity index (χ2v) is 7.40. The first-order valence-electron chi connectivity index (χ1n) is 5.72. The number of carbonyl (C=O) groups is 1. The van der Waals surface area contributed by atoms with Crippen molar-refractivity contribution in [2.45, 2.75) is 13.5 Å². The molecule has 0 radical (unpaired) electrons. The van der Waals surface area contributed by atoms with Crippen LogP contribution < -0.4 is 0 Å². The molecule has 0 aliphatic heterocycles. The van der Waals surface area contributed by atoms with Crippen LogP contribution in [0.2, 0.25) is 0 Å². The lowest BCUT2D eigenvalue weighted by Crippen LogP contribution is -2.28. The van der Waals surface area contributed by atoms with Crippen LogP contribution in [0.3, 0.4) is 0 Å². The molecule has 5 heteroatoms. The van der Waals surface area contributed by atoms with Crippen molar-refractivity contribution in [3.63, 3.8) is 0 Å². The van der Waals surface area contributed by atoms with Gasteiger partial charge in [-0.1, -0.05) is 13.0 Å². The third kappa shape index (κ3) is 3.75. The predicted molar refractivity (Wildman–Crippen MR) is 81.6 cm³/mol. The van der Waals surface area contributed by atoms with Crippen molar-refractivity contribution >= 4 is 44.4 Å². The van der Waals surface area contributed by atoms with E-state index >= 15 is 0 Å². The zero-order valence-electron chi connectivity index (χ0n) is 10.1. The molecule has 0 amide bonds. The third-order valence-corrected chi connectivity index (χ3v) is 5.15. The maximum absolute atomic E-state index is 12.1. The Hall–Kier alpha value is -0.490. The van der Waals surface area contributed by atoms with Gasteiger partial charge >= 0.3 is 0 Å². The Morgan fingerprint density at radius 2 is 2.22 bits per heavy atom. The minimum atomic E-state index is 0.198. The number of nitrogens with zero attached hydrogens (tertiary/aromatic N) is 1. The van der Waals surface area contributed by atoms with E-state index in [0.717, 1.165) is 21.8 Å². The van der Waals surface area contributed by atoms with E-state index in [1.54, 1.807) is 11.3 Å². The molecule has 2 aromatic rings. The summed E-state index contributed by atoms with van der Waals surface area (Å²) in [5, 5.41) is 2.07. The minimum absolute atomic E-state index is 0.198. The monoisotopic (exact) mass is 343 g/mol. The van der Waals surface area contributed by atoms with Gasteiger partial charge in [-0.05, 0) is 46.1 Å². The zero-order valence-corrected chi connectivity index (χ0v) is 13.3. The molecular weight excluding hydrogens is 330 g/mol. The number of halogens is 1. The van der Waals surface area contributed by atoms with Crippen molar-refractivity contribution in [3.05, 3.63) is 43.2 Å². The molecule has 0 aliphatic rings. The summed E-state index contributed by atoms with van der Waals surface area (Å²) in [5.74, 6) is 0.198. The first-order chi connectivity index (χ1) is 8.69. The molecule has 18 heavy (non-hydrogen) atoms. The second kappa shape index (κ2) is 6.61. The quantitative estimate of drug-likeness (QED) is 0.729. The Bertz CT molecular complexity index is 507. The first-order valence-corrected chi connectivity index (χ1v) is 8.21. The Kier molecular flexibility index (Phi) is 5.12. The lowest BCUT2D eigenvalue weighted by atomic mass is 10.3. The normalized spacial score (nSPS) is 11.1. The average Bonchev–Trinajstić information content (AvgIpc) is 2.99. The van der Waals surface area contributed by atoms with Crippen molar-refractivity contribution in [3.8, 4) is 0 Å². The SMILES string of the molecule is CCN(CC(=O)c1ccc(Br)s1)Cc1cccs1. The smallest absolute Gasteiger partial charge is 0.186 e. The fourth-order valence-corrected chi connectivity index (χ4v) is 3.71. The van der Waals surface area contributed by atoms with Crippen molar-refractivity contribution in [1.29, 1.82) is 0 Å². The highest BCUT2D eigenvalue weighted by molar-refractivity contribution is 9.11. The van der Waals surface area contributed by atoms with Gasteiger partial charge < -0.3 is 0 Å². The molecule has 2 heterocycles. The fourth-order valence-electron chi connectivity index (χ4n) is 1.65. The molecule has 0 N–H and O–H groups in total. The van der Waals surface area contributed by atoms with E-state index in [1.165, 1.54) is 16.2 Å². The maximum atomic E-state index is 12.1. The maximum Gasteiger partial charge on any atom is 0.186 e. The molecule has 0 atom stereocenters. The number of thiophene rings is 2. The molecule has 0 saturated heterocycles. The van der Waals surface area contributed by atoms with Gasteiger partial charge in [-0.2, -0.15) is 0 Å². The highest BCUT2D eigenvalue weighted by Crippen LogP contribution is 2.23. The number of carbonyl (C=O) groups excluding carboxylic acids is 1. The molecule has 2 aromatic heterocycles. The second-order valence-electron chi connectivity index (χ2n) is 3.91. The molecule has 0 spiro atoms. The number of hydrogen-bond donors (Lipinski definition) is 0. The molecule has 0 saturated carbocycles. The molecule has 0 unspecified atom stereocenters. The zero-order chi connectivity index (χ0) is 13.0. The largest absolute Gasteiger partial charge is 0.292 e. The summed E-state index contributed by atoms with van der Waals surface area (Å²) in [5.41, 5.74) is 0. The van der Waals surface area contributed by atoms with Crippen LogP contribution in [0.4, 0.5) is 0 Å². The summed E-state index contributed by atoms with van der Waals surface area (Å²) < 4.78 is 1.01. The van der Waals surface area contributed by atoms with Gasteiger partial charge in [0, 0.05) is 11.4 Å². The van der Waals surface area contributed by atoms with Crippen LogP contribution in [0.25, 0.3) is 0 Å². The Morgan fingerprint density at radius 3 is 2.78 bits per heavy atom. The van der Waals surface area contributed by atoms with Gasteiger partial charge in [0.05, 0.1) is 15.2 Å². The van der Waals surface area contributed by atoms with Crippen LogP contribution in [0.1, 0.15) is 21.5 Å². The van der Waals surface area contributed by atoms with Crippen LogP contribution in [-0.2, 0) is 6.54 Å². The van der Waals surface area contributed by atoms with Gasteiger partial charge in [-0.25, -0.2) is 0 Å². The molecule has 0 aromatic carbocycles. The standard InChI is InChI=1S/C13H14BrNOS2/c1-2-15(8-10-4-3-7-17-10)9-11(16)12-5-6-13(14)18-12/h3-7H,2,8-9H2,1H3. The Morgan fingerprint density at radius 1 is 1.39 bits per heavy atom. The summed E-state index contributed by atoms with van der Waals surface area (Å²) in [6, 6.07) is 7.97. The summed E-state index contributed by atoms with van der Waals surface area (Å²) in [7, 11) is 0. The van der Waals surface area contributed by atoms with Gasteiger partial charge in [-0.3, -0.25) is 9.69 Å². The van der Waals surface area contributed by atoms with E-state index in [9.17, 15) is 4.79 Å². The van der Waals surface area contributed by atoms with E-state index in [-0.39, 0.29) is 5.78 Å². The molecule has 0 aliphatic carbocycles. The first kappa shape index (κ1) is 13.9. The summed E-state index contributed by atoms with van der Waals surface area (Å²) >= 11 is 6.62. The molecular formula is C13H14BrNOS2. The number of Topliss-reactive ketones (excluding diaryl/α,β-unsaturated/α-hetero) is 1. The van der Waals surface area contributed by atoms with Gasteiger partial charge in [0.2, 0.25) is 0 Å². The van der Waals surface area contributed by atoms with Gasteiger partial charge in [0.25, 0.3) is 0 Å². The molecule has 0 fully saturated rings. The lowest BCUT2D eigenvalue weighted by molar-refractivity contribution is 0.0934. The van der Waals surface area contributed by atoms with Crippen LogP contribution >= 0.6 is 38.6 Å². The average molecular weight is 344 g/mol. The van der Waals surface area contributed by atoms with Crippen LogP contribution in [-0.4, -0.2) is 23.8 Å². The van der Waals surface area contributed by atoms with Crippen molar-refractivity contribution < 1.29 is 4.79 Å². The number of rotatable bonds is 6. The molecule has 2 nitrogen and oxygen atoms in total. The van der Waals surface area contributed by atoms with E-state index in [1.807, 2.05) is 18.2 Å².